The molecule has 1 fully saturated rings. The normalized spacial score (nSPS) is 17.5. The maximum atomic E-state index is 13.7. The zero-order valence-electron chi connectivity index (χ0n) is 7.84. The lowest BCUT2D eigenvalue weighted by Gasteiger charge is -2.11. The van der Waals surface area contributed by atoms with Gasteiger partial charge in [0.25, 0.3) is 0 Å². The van der Waals surface area contributed by atoms with Crippen molar-refractivity contribution in [2.45, 2.75) is 25.2 Å². The highest BCUT2D eigenvalue weighted by atomic mass is 19.1. The number of nitrogens with zero attached hydrogens (tertiary/aromatic N) is 1. The van der Waals surface area contributed by atoms with Gasteiger partial charge in [0.15, 0.2) is 0 Å². The second kappa shape index (κ2) is 2.71. The Hall–Kier alpha value is -1.56. The zero-order chi connectivity index (χ0) is 10.3. The van der Waals surface area contributed by atoms with E-state index in [0.717, 1.165) is 0 Å². The molecule has 0 radical (unpaired) electrons. The van der Waals surface area contributed by atoms with Gasteiger partial charge >= 0.3 is 0 Å². The molecule has 1 aromatic carbocycles. The van der Waals surface area contributed by atoms with E-state index in [1.807, 2.05) is 0 Å². The van der Waals surface area contributed by atoms with Gasteiger partial charge in [-0.25, -0.2) is 4.39 Å². The van der Waals surface area contributed by atoms with Crippen molar-refractivity contribution in [1.29, 1.82) is 5.26 Å². The van der Waals surface area contributed by atoms with Gasteiger partial charge in [-0.2, -0.15) is 5.26 Å². The Bertz CT molecular complexity index is 430. The molecule has 0 unspecified atom stereocenters. The number of hydrogen-bond acceptors (Lipinski definition) is 2. The van der Waals surface area contributed by atoms with E-state index in [9.17, 15) is 9.50 Å². The van der Waals surface area contributed by atoms with Crippen LogP contribution in [0.3, 0.4) is 0 Å². The Morgan fingerprint density at radius 1 is 1.50 bits per heavy atom. The highest BCUT2D eigenvalue weighted by Crippen LogP contribution is 2.51. The number of benzene rings is 1. The Morgan fingerprint density at radius 3 is 2.64 bits per heavy atom. The van der Waals surface area contributed by atoms with Crippen LogP contribution in [-0.2, 0) is 5.41 Å². The van der Waals surface area contributed by atoms with Crippen molar-refractivity contribution < 1.29 is 9.50 Å². The minimum Gasteiger partial charge on any atom is -0.508 e. The quantitative estimate of drug-likeness (QED) is 0.740. The topological polar surface area (TPSA) is 44.0 Å². The van der Waals surface area contributed by atoms with Gasteiger partial charge in [-0.1, -0.05) is 6.07 Å². The molecular formula is C11H10FNO. The number of aromatic hydroxyl groups is 1. The SMILES string of the molecule is Cc1ccc(O)c(C2(C#N)CC2)c1F. The van der Waals surface area contributed by atoms with Crippen molar-refractivity contribution in [3.8, 4) is 11.8 Å². The van der Waals surface area contributed by atoms with Crippen molar-refractivity contribution >= 4 is 0 Å². The van der Waals surface area contributed by atoms with Crippen LogP contribution in [0.4, 0.5) is 4.39 Å². The van der Waals surface area contributed by atoms with Crippen molar-refractivity contribution in [1.82, 2.24) is 0 Å². The maximum absolute atomic E-state index is 13.7. The number of phenolic OH excluding ortho intramolecular Hbond substituents is 1. The van der Waals surface area contributed by atoms with Crippen molar-refractivity contribution in [3.05, 3.63) is 29.1 Å². The number of hydrogen-bond donors (Lipinski definition) is 1. The lowest BCUT2D eigenvalue weighted by molar-refractivity contribution is 0.452. The summed E-state index contributed by atoms with van der Waals surface area (Å²) in [5.74, 6) is -0.545. The van der Waals surface area contributed by atoms with Crippen LogP contribution in [-0.4, -0.2) is 5.11 Å². The molecule has 0 aromatic heterocycles. The zero-order valence-corrected chi connectivity index (χ0v) is 7.84. The summed E-state index contributed by atoms with van der Waals surface area (Å²) in [5, 5.41) is 18.5. The molecule has 1 aromatic rings. The molecular weight excluding hydrogens is 181 g/mol. The van der Waals surface area contributed by atoms with E-state index in [1.54, 1.807) is 6.92 Å². The average Bonchev–Trinajstić information content (AvgIpc) is 2.93. The van der Waals surface area contributed by atoms with Crippen molar-refractivity contribution in [2.24, 2.45) is 0 Å². The molecule has 1 aliphatic rings. The molecule has 72 valence electrons. The third-order valence-corrected chi connectivity index (χ3v) is 2.76. The lowest BCUT2D eigenvalue weighted by atomic mass is 9.94. The summed E-state index contributed by atoms with van der Waals surface area (Å²) in [4.78, 5) is 0. The number of phenols is 1. The third kappa shape index (κ3) is 1.07. The predicted molar refractivity (Wildman–Crippen MR) is 49.3 cm³/mol. The van der Waals surface area contributed by atoms with Crippen molar-refractivity contribution in [2.75, 3.05) is 0 Å². The van der Waals surface area contributed by atoms with Crippen LogP contribution < -0.4 is 0 Å². The summed E-state index contributed by atoms with van der Waals surface area (Å²) in [7, 11) is 0. The summed E-state index contributed by atoms with van der Waals surface area (Å²) in [6.07, 6.45) is 1.27. The van der Waals surface area contributed by atoms with Gasteiger partial charge < -0.3 is 5.11 Å². The minimum atomic E-state index is -0.764. The summed E-state index contributed by atoms with van der Waals surface area (Å²) in [6, 6.07) is 5.04. The van der Waals surface area contributed by atoms with E-state index >= 15 is 0 Å². The highest BCUT2D eigenvalue weighted by Gasteiger charge is 2.48. The molecule has 0 spiro atoms. The first-order valence-corrected chi connectivity index (χ1v) is 4.50. The fourth-order valence-electron chi connectivity index (χ4n) is 1.67. The standard InChI is InChI=1S/C11H10FNO/c1-7-2-3-8(14)9(10(7)12)11(6-13)4-5-11/h2-3,14H,4-5H2,1H3. The smallest absolute Gasteiger partial charge is 0.134 e. The van der Waals surface area contributed by atoms with Crippen molar-refractivity contribution in [3.63, 3.8) is 0 Å². The highest BCUT2D eigenvalue weighted by molar-refractivity contribution is 5.49. The molecule has 0 atom stereocenters. The van der Waals surface area contributed by atoms with E-state index in [2.05, 4.69) is 6.07 Å². The summed E-state index contributed by atoms with van der Waals surface area (Å²) >= 11 is 0. The van der Waals surface area contributed by atoms with E-state index in [-0.39, 0.29) is 11.3 Å². The van der Waals surface area contributed by atoms with Crippen LogP contribution in [0.15, 0.2) is 12.1 Å². The van der Waals surface area contributed by atoms with Gasteiger partial charge in [0.1, 0.15) is 11.6 Å². The Labute approximate surface area is 81.6 Å². The first-order chi connectivity index (χ1) is 6.60. The minimum absolute atomic E-state index is 0.104. The van der Waals surface area contributed by atoms with Gasteiger partial charge in [-0.05, 0) is 31.4 Å². The fraction of sp³-hybridized carbons (Fsp3) is 0.364. The van der Waals surface area contributed by atoms with Crippen LogP contribution in [0.25, 0.3) is 0 Å². The summed E-state index contributed by atoms with van der Waals surface area (Å²) < 4.78 is 13.7. The molecule has 1 aliphatic carbocycles. The lowest BCUT2D eigenvalue weighted by Crippen LogP contribution is -2.07. The molecule has 0 amide bonds. The van der Waals surface area contributed by atoms with E-state index in [4.69, 9.17) is 5.26 Å². The Kier molecular flexibility index (Phi) is 1.75. The third-order valence-electron chi connectivity index (χ3n) is 2.76. The van der Waals surface area contributed by atoms with Gasteiger partial charge in [-0.3, -0.25) is 0 Å². The first kappa shape index (κ1) is 9.01. The Balaban J connectivity index is 2.64. The average molecular weight is 191 g/mol. The van der Waals surface area contributed by atoms with Crippen LogP contribution in [0.2, 0.25) is 0 Å². The van der Waals surface area contributed by atoms with E-state index < -0.39 is 11.2 Å². The Morgan fingerprint density at radius 2 is 2.14 bits per heavy atom. The molecule has 0 bridgehead atoms. The molecule has 0 aliphatic heterocycles. The van der Waals surface area contributed by atoms with Gasteiger partial charge in [0.05, 0.1) is 17.0 Å². The number of halogens is 1. The molecule has 1 saturated carbocycles. The van der Waals surface area contributed by atoms with Crippen LogP contribution in [0, 0.1) is 24.1 Å². The summed E-state index contributed by atoms with van der Waals surface area (Å²) in [5.41, 5.74) is -0.112. The number of nitriles is 1. The summed E-state index contributed by atoms with van der Waals surface area (Å²) in [6.45, 7) is 1.63. The molecule has 0 saturated heterocycles. The molecule has 2 nitrogen and oxygen atoms in total. The molecule has 2 rings (SSSR count). The molecule has 0 heterocycles. The first-order valence-electron chi connectivity index (χ1n) is 4.50. The van der Waals surface area contributed by atoms with Crippen LogP contribution in [0.1, 0.15) is 24.0 Å². The van der Waals surface area contributed by atoms with Gasteiger partial charge in [0, 0.05) is 0 Å². The number of rotatable bonds is 1. The molecule has 1 N–H and O–H groups in total. The number of aryl methyl sites for hydroxylation is 1. The maximum Gasteiger partial charge on any atom is 0.134 e. The largest absolute Gasteiger partial charge is 0.508 e. The second-order valence-electron chi connectivity index (χ2n) is 3.78. The monoisotopic (exact) mass is 191 g/mol. The van der Waals surface area contributed by atoms with E-state index in [1.165, 1.54) is 12.1 Å². The second-order valence-corrected chi connectivity index (χ2v) is 3.78. The van der Waals surface area contributed by atoms with Gasteiger partial charge in [-0.15, -0.1) is 0 Å². The van der Waals surface area contributed by atoms with Gasteiger partial charge in [0.2, 0.25) is 0 Å². The van der Waals surface area contributed by atoms with Crippen LogP contribution >= 0.6 is 0 Å². The molecule has 3 heteroatoms. The fourth-order valence-corrected chi connectivity index (χ4v) is 1.67. The predicted octanol–water partition coefficient (Wildman–Crippen LogP) is 2.39. The van der Waals surface area contributed by atoms with E-state index in [0.29, 0.717) is 18.4 Å². The van der Waals surface area contributed by atoms with Crippen LogP contribution in [0.5, 0.6) is 5.75 Å². The molecule has 14 heavy (non-hydrogen) atoms.